The second-order valence-corrected chi connectivity index (χ2v) is 5.96. The molecule has 1 saturated heterocycles. The smallest absolute Gasteiger partial charge is 0.234 e. The molecule has 1 fully saturated rings. The van der Waals surface area contributed by atoms with Crippen molar-refractivity contribution in [2.45, 2.75) is 44.8 Å². The van der Waals surface area contributed by atoms with Crippen molar-refractivity contribution >= 4 is 17.5 Å². The first-order chi connectivity index (χ1) is 10.5. The van der Waals surface area contributed by atoms with Crippen LogP contribution in [0.2, 0.25) is 0 Å². The van der Waals surface area contributed by atoms with E-state index in [9.17, 15) is 9.59 Å². The maximum atomic E-state index is 11.8. The number of amides is 2. The fourth-order valence-corrected chi connectivity index (χ4v) is 2.82. The van der Waals surface area contributed by atoms with Crippen LogP contribution in [0.15, 0.2) is 24.3 Å². The molecule has 6 heteroatoms. The Bertz CT molecular complexity index is 545. The second kappa shape index (κ2) is 7.38. The summed E-state index contributed by atoms with van der Waals surface area (Å²) in [6, 6.07) is 7.30. The molecule has 2 rings (SSSR count). The summed E-state index contributed by atoms with van der Waals surface area (Å²) in [7, 11) is 0. The highest BCUT2D eigenvalue weighted by atomic mass is 16.2. The molecule has 0 spiro atoms. The van der Waals surface area contributed by atoms with Gasteiger partial charge in [-0.3, -0.25) is 14.5 Å². The van der Waals surface area contributed by atoms with Crippen LogP contribution in [0.4, 0.5) is 5.69 Å². The molecule has 2 atom stereocenters. The van der Waals surface area contributed by atoms with Crippen LogP contribution in [0.1, 0.15) is 31.7 Å². The van der Waals surface area contributed by atoms with E-state index in [2.05, 4.69) is 10.2 Å². The van der Waals surface area contributed by atoms with Crippen LogP contribution in [-0.2, 0) is 16.1 Å². The van der Waals surface area contributed by atoms with E-state index in [0.717, 1.165) is 30.6 Å². The molecule has 2 unspecified atom stereocenters. The maximum Gasteiger partial charge on any atom is 0.234 e. The first-order valence-corrected chi connectivity index (χ1v) is 7.63. The summed E-state index contributed by atoms with van der Waals surface area (Å²) in [5.74, 6) is -0.359. The molecule has 6 nitrogen and oxygen atoms in total. The number of rotatable bonds is 6. The summed E-state index contributed by atoms with van der Waals surface area (Å²) in [5, 5.41) is 2.84. The molecule has 2 amide bonds. The zero-order valence-corrected chi connectivity index (χ0v) is 12.9. The molecular formula is C16H24N4O2. The summed E-state index contributed by atoms with van der Waals surface area (Å²) in [6.45, 7) is 3.33. The summed E-state index contributed by atoms with van der Waals surface area (Å²) in [4.78, 5) is 25.3. The van der Waals surface area contributed by atoms with Crippen LogP contribution >= 0.6 is 0 Å². The molecule has 0 aliphatic carbocycles. The van der Waals surface area contributed by atoms with E-state index >= 15 is 0 Å². The second-order valence-electron chi connectivity index (χ2n) is 5.96. The van der Waals surface area contributed by atoms with Gasteiger partial charge in [0, 0.05) is 24.7 Å². The third-order valence-corrected chi connectivity index (χ3v) is 3.80. The maximum absolute atomic E-state index is 11.8. The Morgan fingerprint density at radius 2 is 2.23 bits per heavy atom. The van der Waals surface area contributed by atoms with Gasteiger partial charge in [0.05, 0.1) is 6.04 Å². The molecule has 0 aromatic heterocycles. The van der Waals surface area contributed by atoms with Gasteiger partial charge in [0.1, 0.15) is 0 Å². The first kappa shape index (κ1) is 16.5. The number of nitrogens with one attached hydrogen (secondary N) is 1. The van der Waals surface area contributed by atoms with Crippen LogP contribution in [0.5, 0.6) is 0 Å². The van der Waals surface area contributed by atoms with E-state index in [4.69, 9.17) is 11.5 Å². The topological polar surface area (TPSA) is 101 Å². The Morgan fingerprint density at radius 1 is 1.45 bits per heavy atom. The summed E-state index contributed by atoms with van der Waals surface area (Å²) in [6.07, 6.45) is 2.10. The number of hydrogen-bond donors (Lipinski definition) is 3. The lowest BCUT2D eigenvalue weighted by molar-refractivity contribution is -0.122. The molecule has 22 heavy (non-hydrogen) atoms. The van der Waals surface area contributed by atoms with E-state index in [1.54, 1.807) is 6.92 Å². The van der Waals surface area contributed by atoms with Crippen molar-refractivity contribution in [3.05, 3.63) is 29.8 Å². The number of primary amides is 1. The number of nitrogens with two attached hydrogens (primary N) is 2. The Hall–Kier alpha value is -1.92. The Kier molecular flexibility index (Phi) is 5.51. The fourth-order valence-electron chi connectivity index (χ4n) is 2.82. The lowest BCUT2D eigenvalue weighted by Crippen LogP contribution is -2.39. The molecule has 120 valence electrons. The monoisotopic (exact) mass is 304 g/mol. The molecule has 1 aromatic carbocycles. The molecule has 1 aliphatic rings. The lowest BCUT2D eigenvalue weighted by Gasteiger charge is -2.22. The minimum atomic E-state index is -0.265. The molecule has 5 N–H and O–H groups in total. The van der Waals surface area contributed by atoms with Gasteiger partial charge in [-0.05, 0) is 44.0 Å². The SMILES string of the molecule is CC(N)CC(=O)Nc1cccc(CN2CCCC2C(N)=O)c1. The number of benzene rings is 1. The molecular weight excluding hydrogens is 280 g/mol. The van der Waals surface area contributed by atoms with Crippen LogP contribution in [0, 0.1) is 0 Å². The van der Waals surface area contributed by atoms with Gasteiger partial charge in [0.15, 0.2) is 0 Å². The number of nitrogens with zero attached hydrogens (tertiary/aromatic N) is 1. The molecule has 1 aliphatic heterocycles. The van der Waals surface area contributed by atoms with Gasteiger partial charge in [-0.15, -0.1) is 0 Å². The highest BCUT2D eigenvalue weighted by molar-refractivity contribution is 5.91. The van der Waals surface area contributed by atoms with Crippen molar-refractivity contribution in [2.24, 2.45) is 11.5 Å². The van der Waals surface area contributed by atoms with Crippen LogP contribution in [0.25, 0.3) is 0 Å². The van der Waals surface area contributed by atoms with E-state index < -0.39 is 0 Å². The van der Waals surface area contributed by atoms with Gasteiger partial charge in [-0.2, -0.15) is 0 Å². The van der Waals surface area contributed by atoms with E-state index in [0.29, 0.717) is 13.0 Å². The Labute approximate surface area is 130 Å². The molecule has 0 radical (unpaired) electrons. The number of hydrogen-bond acceptors (Lipinski definition) is 4. The van der Waals surface area contributed by atoms with Gasteiger partial charge < -0.3 is 16.8 Å². The van der Waals surface area contributed by atoms with Gasteiger partial charge in [-0.1, -0.05) is 12.1 Å². The fraction of sp³-hybridized carbons (Fsp3) is 0.500. The molecule has 1 heterocycles. The predicted octanol–water partition coefficient (Wildman–Crippen LogP) is 0.812. The van der Waals surface area contributed by atoms with Crippen molar-refractivity contribution in [1.29, 1.82) is 0 Å². The van der Waals surface area contributed by atoms with Crippen LogP contribution < -0.4 is 16.8 Å². The minimum Gasteiger partial charge on any atom is -0.368 e. The first-order valence-electron chi connectivity index (χ1n) is 7.63. The van der Waals surface area contributed by atoms with Crippen molar-refractivity contribution in [3.63, 3.8) is 0 Å². The zero-order valence-electron chi connectivity index (χ0n) is 12.9. The average Bonchev–Trinajstić information content (AvgIpc) is 2.86. The van der Waals surface area contributed by atoms with Crippen molar-refractivity contribution in [2.75, 3.05) is 11.9 Å². The van der Waals surface area contributed by atoms with Gasteiger partial charge >= 0.3 is 0 Å². The van der Waals surface area contributed by atoms with Crippen LogP contribution in [-0.4, -0.2) is 35.3 Å². The Balaban J connectivity index is 1.99. The minimum absolute atomic E-state index is 0.0941. The normalized spacial score (nSPS) is 19.8. The summed E-state index contributed by atoms with van der Waals surface area (Å²) in [5.41, 5.74) is 12.8. The van der Waals surface area contributed by atoms with E-state index in [1.807, 2.05) is 24.3 Å². The van der Waals surface area contributed by atoms with Crippen LogP contribution in [0.3, 0.4) is 0 Å². The lowest BCUT2D eigenvalue weighted by atomic mass is 10.1. The zero-order chi connectivity index (χ0) is 16.1. The highest BCUT2D eigenvalue weighted by Gasteiger charge is 2.28. The standard InChI is InChI=1S/C16H24N4O2/c1-11(17)8-15(21)19-13-5-2-4-12(9-13)10-20-7-3-6-14(20)16(18)22/h2,4-5,9,11,14H,3,6-8,10,17H2,1H3,(H2,18,22)(H,19,21). The predicted molar refractivity (Wildman–Crippen MR) is 86.0 cm³/mol. The third-order valence-electron chi connectivity index (χ3n) is 3.80. The number of carbonyl (C=O) groups is 2. The largest absolute Gasteiger partial charge is 0.368 e. The van der Waals surface area contributed by atoms with Gasteiger partial charge in [-0.25, -0.2) is 0 Å². The van der Waals surface area contributed by atoms with E-state index in [-0.39, 0.29) is 23.9 Å². The van der Waals surface area contributed by atoms with Crippen molar-refractivity contribution in [3.8, 4) is 0 Å². The van der Waals surface area contributed by atoms with E-state index in [1.165, 1.54) is 0 Å². The molecule has 0 saturated carbocycles. The Morgan fingerprint density at radius 3 is 2.91 bits per heavy atom. The van der Waals surface area contributed by atoms with Crippen molar-refractivity contribution < 1.29 is 9.59 Å². The van der Waals surface area contributed by atoms with Crippen molar-refractivity contribution in [1.82, 2.24) is 4.90 Å². The third kappa shape index (κ3) is 4.54. The average molecular weight is 304 g/mol. The number of anilines is 1. The number of carbonyl (C=O) groups excluding carboxylic acids is 2. The van der Waals surface area contributed by atoms with Gasteiger partial charge in [0.25, 0.3) is 0 Å². The molecule has 0 bridgehead atoms. The highest BCUT2D eigenvalue weighted by Crippen LogP contribution is 2.21. The quantitative estimate of drug-likeness (QED) is 0.724. The van der Waals surface area contributed by atoms with Gasteiger partial charge in [0.2, 0.25) is 11.8 Å². The summed E-state index contributed by atoms with van der Waals surface area (Å²) < 4.78 is 0. The number of likely N-dealkylation sites (tertiary alicyclic amines) is 1. The molecule has 1 aromatic rings. The summed E-state index contributed by atoms with van der Waals surface area (Å²) >= 11 is 0.